The first-order valence-electron chi connectivity index (χ1n) is 11.3. The number of fused-ring (bicyclic) bond motifs is 1. The molecule has 188 valence electrons. The lowest BCUT2D eigenvalue weighted by Crippen LogP contribution is -2.20. The molecule has 0 saturated carbocycles. The maximum absolute atomic E-state index is 15.2. The number of halogens is 6. The van der Waals surface area contributed by atoms with Crippen molar-refractivity contribution in [3.8, 4) is 17.1 Å². The third-order valence-electron chi connectivity index (χ3n) is 5.66. The molecule has 4 aromatic rings. The fraction of sp³-hybridized carbons (Fsp3) is 0.259. The van der Waals surface area contributed by atoms with Gasteiger partial charge in [-0.25, -0.2) is 23.1 Å². The van der Waals surface area contributed by atoms with E-state index >= 15 is 4.39 Å². The van der Waals surface area contributed by atoms with Crippen molar-refractivity contribution in [2.75, 3.05) is 6.61 Å². The smallest absolute Gasteiger partial charge is 0.422 e. The molecule has 4 rings (SSSR count). The number of rotatable bonds is 8. The Bertz CT molecular complexity index is 1350. The van der Waals surface area contributed by atoms with Gasteiger partial charge in [0.2, 0.25) is 0 Å². The molecule has 36 heavy (non-hydrogen) atoms. The molecule has 0 aliphatic heterocycles. The van der Waals surface area contributed by atoms with Crippen LogP contribution >= 0.6 is 0 Å². The summed E-state index contributed by atoms with van der Waals surface area (Å²) in [4.78, 5) is 8.78. The average Bonchev–Trinajstić information content (AvgIpc) is 2.83. The van der Waals surface area contributed by atoms with Gasteiger partial charge in [0.1, 0.15) is 5.82 Å². The number of hydrogen-bond donors (Lipinski definition) is 0. The van der Waals surface area contributed by atoms with Crippen LogP contribution in [0.1, 0.15) is 30.0 Å². The lowest BCUT2D eigenvalue weighted by molar-refractivity contribution is -0.154. The summed E-state index contributed by atoms with van der Waals surface area (Å²) in [7, 11) is 0. The Labute approximate surface area is 203 Å². The Kier molecular flexibility index (Phi) is 7.47. The van der Waals surface area contributed by atoms with Crippen LogP contribution in [0.5, 0.6) is 5.75 Å². The third-order valence-corrected chi connectivity index (χ3v) is 5.66. The molecule has 0 amide bonds. The van der Waals surface area contributed by atoms with E-state index in [1.807, 2.05) is 0 Å². The molecular formula is C27H22F6N2O. The van der Waals surface area contributed by atoms with E-state index < -0.39 is 36.0 Å². The molecular weight excluding hydrogens is 482 g/mol. The fourth-order valence-electron chi connectivity index (χ4n) is 3.92. The average molecular weight is 504 g/mol. The number of aromatic nitrogens is 2. The van der Waals surface area contributed by atoms with Gasteiger partial charge in [0.25, 0.3) is 0 Å². The summed E-state index contributed by atoms with van der Waals surface area (Å²) in [6.07, 6.45) is 0.922. The molecule has 9 heteroatoms. The van der Waals surface area contributed by atoms with Gasteiger partial charge in [0, 0.05) is 23.3 Å². The van der Waals surface area contributed by atoms with E-state index in [4.69, 9.17) is 0 Å². The molecule has 0 radical (unpaired) electrons. The molecule has 0 atom stereocenters. The first kappa shape index (κ1) is 25.5. The van der Waals surface area contributed by atoms with Crippen molar-refractivity contribution >= 4 is 10.8 Å². The fourth-order valence-corrected chi connectivity index (χ4v) is 3.92. The van der Waals surface area contributed by atoms with Crippen LogP contribution in [-0.4, -0.2) is 22.8 Å². The van der Waals surface area contributed by atoms with Crippen LogP contribution in [0.4, 0.5) is 26.3 Å². The Hall–Kier alpha value is -3.62. The van der Waals surface area contributed by atoms with Crippen molar-refractivity contribution in [3.05, 3.63) is 89.0 Å². The summed E-state index contributed by atoms with van der Waals surface area (Å²) < 4.78 is 84.5. The van der Waals surface area contributed by atoms with Crippen LogP contribution in [0.3, 0.4) is 0 Å². The lowest BCUT2D eigenvalue weighted by Gasteiger charge is -2.12. The quantitative estimate of drug-likeness (QED) is 0.235. The lowest BCUT2D eigenvalue weighted by atomic mass is 9.98. The Morgan fingerprint density at radius 2 is 1.50 bits per heavy atom. The van der Waals surface area contributed by atoms with Crippen molar-refractivity contribution in [1.82, 2.24) is 9.97 Å². The highest BCUT2D eigenvalue weighted by Gasteiger charge is 2.30. The van der Waals surface area contributed by atoms with Crippen molar-refractivity contribution in [1.29, 1.82) is 0 Å². The summed E-state index contributed by atoms with van der Waals surface area (Å²) in [6.45, 7) is 0.268. The van der Waals surface area contributed by atoms with Gasteiger partial charge in [-0.05, 0) is 59.5 Å². The number of hydrogen-bond acceptors (Lipinski definition) is 3. The van der Waals surface area contributed by atoms with Crippen LogP contribution in [0.25, 0.3) is 22.2 Å². The molecule has 0 aliphatic carbocycles. The van der Waals surface area contributed by atoms with Gasteiger partial charge in [-0.1, -0.05) is 37.6 Å². The number of nitrogens with zero attached hydrogens (tertiary/aromatic N) is 2. The van der Waals surface area contributed by atoms with Crippen molar-refractivity contribution in [3.63, 3.8) is 0 Å². The van der Waals surface area contributed by atoms with E-state index in [0.717, 1.165) is 36.1 Å². The highest BCUT2D eigenvalue weighted by molar-refractivity contribution is 5.87. The second kappa shape index (κ2) is 10.6. The normalized spacial score (nSPS) is 11.8. The Morgan fingerprint density at radius 1 is 0.806 bits per heavy atom. The van der Waals surface area contributed by atoms with Crippen LogP contribution in [0.2, 0.25) is 0 Å². The van der Waals surface area contributed by atoms with Crippen LogP contribution < -0.4 is 4.74 Å². The van der Waals surface area contributed by atoms with Gasteiger partial charge in [-0.2, -0.15) is 13.2 Å². The predicted octanol–water partition coefficient (Wildman–Crippen LogP) is 7.39. The van der Waals surface area contributed by atoms with Crippen LogP contribution in [0.15, 0.2) is 54.9 Å². The zero-order valence-corrected chi connectivity index (χ0v) is 19.3. The Balaban J connectivity index is 1.50. The molecule has 0 saturated heterocycles. The zero-order chi connectivity index (χ0) is 25.9. The third kappa shape index (κ3) is 5.95. The molecule has 1 aromatic heterocycles. The van der Waals surface area contributed by atoms with Crippen molar-refractivity contribution in [2.45, 2.75) is 38.8 Å². The molecule has 0 fully saturated rings. The Morgan fingerprint density at radius 3 is 2.14 bits per heavy atom. The van der Waals surface area contributed by atoms with Gasteiger partial charge in [-0.15, -0.1) is 0 Å². The molecule has 3 aromatic carbocycles. The van der Waals surface area contributed by atoms with Gasteiger partial charge in [0.15, 0.2) is 29.8 Å². The molecule has 1 heterocycles. The standard InChI is InChI=1S/C27H22F6N2O/c1-2-3-17-13-34-26(35-14-17)20-8-9-21-19(12-20)7-6-18(24(21)30)5-4-16-10-22(28)25(23(29)11-16)36-15-27(31,32)33/h6-14H,2-5,15H2,1H3. The van der Waals surface area contributed by atoms with Crippen LogP contribution in [-0.2, 0) is 19.3 Å². The number of benzene rings is 3. The second-order valence-corrected chi connectivity index (χ2v) is 8.43. The number of ether oxygens (including phenoxy) is 1. The summed E-state index contributed by atoms with van der Waals surface area (Å²) in [5, 5.41) is 1.03. The zero-order valence-electron chi connectivity index (χ0n) is 19.3. The molecule has 0 unspecified atom stereocenters. The largest absolute Gasteiger partial charge is 0.478 e. The minimum Gasteiger partial charge on any atom is -0.478 e. The van der Waals surface area contributed by atoms with E-state index in [0.29, 0.717) is 22.2 Å². The number of alkyl halides is 3. The summed E-state index contributed by atoms with van der Waals surface area (Å²) in [6, 6.07) is 10.3. The first-order chi connectivity index (χ1) is 17.1. The summed E-state index contributed by atoms with van der Waals surface area (Å²) in [5.74, 6) is -3.50. The maximum atomic E-state index is 15.2. The predicted molar refractivity (Wildman–Crippen MR) is 124 cm³/mol. The van der Waals surface area contributed by atoms with E-state index in [-0.39, 0.29) is 18.4 Å². The molecule has 3 nitrogen and oxygen atoms in total. The molecule has 0 bridgehead atoms. The molecule has 0 aliphatic rings. The van der Waals surface area contributed by atoms with Crippen molar-refractivity contribution in [2.24, 2.45) is 0 Å². The van der Waals surface area contributed by atoms with Crippen molar-refractivity contribution < 1.29 is 31.1 Å². The SMILES string of the molecule is CCCc1cnc(-c2ccc3c(F)c(CCc4cc(F)c(OCC(F)(F)F)c(F)c4)ccc3c2)nc1. The topological polar surface area (TPSA) is 35.0 Å². The minimum absolute atomic E-state index is 0.0752. The van der Waals surface area contributed by atoms with E-state index in [2.05, 4.69) is 21.6 Å². The van der Waals surface area contributed by atoms with Crippen LogP contribution in [0, 0.1) is 17.5 Å². The first-order valence-corrected chi connectivity index (χ1v) is 11.3. The highest BCUT2D eigenvalue weighted by atomic mass is 19.4. The van der Waals surface area contributed by atoms with Gasteiger partial charge in [0.05, 0.1) is 0 Å². The van der Waals surface area contributed by atoms with E-state index in [9.17, 15) is 22.0 Å². The van der Waals surface area contributed by atoms with Gasteiger partial charge >= 0.3 is 6.18 Å². The monoisotopic (exact) mass is 504 g/mol. The van der Waals surface area contributed by atoms with Gasteiger partial charge in [-0.3, -0.25) is 0 Å². The molecule has 0 N–H and O–H groups in total. The van der Waals surface area contributed by atoms with E-state index in [1.165, 1.54) is 0 Å². The second-order valence-electron chi connectivity index (χ2n) is 8.43. The number of aryl methyl sites for hydroxylation is 3. The highest BCUT2D eigenvalue weighted by Crippen LogP contribution is 2.29. The maximum Gasteiger partial charge on any atom is 0.422 e. The van der Waals surface area contributed by atoms with E-state index in [1.54, 1.807) is 42.7 Å². The summed E-state index contributed by atoms with van der Waals surface area (Å²) in [5.41, 5.74) is 2.30. The summed E-state index contributed by atoms with van der Waals surface area (Å²) >= 11 is 0. The minimum atomic E-state index is -4.72. The molecule has 0 spiro atoms. The van der Waals surface area contributed by atoms with Gasteiger partial charge < -0.3 is 4.74 Å².